The first-order valence-electron chi connectivity index (χ1n) is 4.80. The highest BCUT2D eigenvalue weighted by Gasteiger charge is 2.13. The number of aromatic hydroxyl groups is 1. The Morgan fingerprint density at radius 1 is 1.53 bits per heavy atom. The minimum atomic E-state index is 0.0827. The molecule has 0 saturated carbocycles. The minimum absolute atomic E-state index is 0.0827. The van der Waals surface area contributed by atoms with Crippen LogP contribution in [-0.4, -0.2) is 18.8 Å². The fourth-order valence-corrected chi connectivity index (χ4v) is 1.68. The summed E-state index contributed by atoms with van der Waals surface area (Å²) in [5, 5.41) is 10.1. The van der Waals surface area contributed by atoms with Gasteiger partial charge in [0.2, 0.25) is 0 Å². The van der Waals surface area contributed by atoms with Crippen LogP contribution in [0.1, 0.15) is 24.0 Å². The van der Waals surface area contributed by atoms with Crippen LogP contribution in [0.15, 0.2) is 12.1 Å². The van der Waals surface area contributed by atoms with E-state index in [1.165, 1.54) is 0 Å². The van der Waals surface area contributed by atoms with Crippen molar-refractivity contribution in [3.8, 4) is 5.75 Å². The third-order valence-electron chi connectivity index (χ3n) is 2.35. The maximum absolute atomic E-state index is 9.76. The number of nitrogens with two attached hydrogens (primary N) is 1. The molecule has 1 aromatic rings. The zero-order chi connectivity index (χ0) is 11.4. The average molecular weight is 230 g/mol. The highest BCUT2D eigenvalue weighted by molar-refractivity contribution is 6.32. The molecular formula is C11H16ClNO2. The van der Waals surface area contributed by atoms with Gasteiger partial charge in [-0.15, -0.1) is 0 Å². The van der Waals surface area contributed by atoms with Crippen molar-refractivity contribution in [2.24, 2.45) is 5.73 Å². The molecule has 84 valence electrons. The molecule has 3 N–H and O–H groups in total. The van der Waals surface area contributed by atoms with Gasteiger partial charge < -0.3 is 15.6 Å². The zero-order valence-corrected chi connectivity index (χ0v) is 9.71. The van der Waals surface area contributed by atoms with Crippen molar-refractivity contribution in [1.82, 2.24) is 0 Å². The Hall–Kier alpha value is -0.770. The van der Waals surface area contributed by atoms with Crippen molar-refractivity contribution in [2.75, 3.05) is 13.7 Å². The van der Waals surface area contributed by atoms with E-state index in [-0.39, 0.29) is 11.7 Å². The van der Waals surface area contributed by atoms with Gasteiger partial charge in [0.1, 0.15) is 5.75 Å². The number of phenolic OH excluding ortho intramolecular Hbond substituents is 1. The Kier molecular flexibility index (Phi) is 4.39. The van der Waals surface area contributed by atoms with Crippen LogP contribution in [0.3, 0.4) is 0 Å². The SMILES string of the molecule is COCc1cc(Cl)c(O)c(C(C)CN)c1. The first-order chi connectivity index (χ1) is 7.10. The van der Waals surface area contributed by atoms with Gasteiger partial charge in [0.05, 0.1) is 11.6 Å². The fourth-order valence-electron chi connectivity index (χ4n) is 1.43. The molecule has 1 atom stereocenters. The number of methoxy groups -OCH3 is 1. The van der Waals surface area contributed by atoms with Gasteiger partial charge in [-0.2, -0.15) is 0 Å². The lowest BCUT2D eigenvalue weighted by Crippen LogP contribution is -2.09. The van der Waals surface area contributed by atoms with Crippen molar-refractivity contribution in [2.45, 2.75) is 19.4 Å². The van der Waals surface area contributed by atoms with Crippen LogP contribution in [-0.2, 0) is 11.3 Å². The van der Waals surface area contributed by atoms with E-state index in [1.54, 1.807) is 13.2 Å². The maximum Gasteiger partial charge on any atom is 0.137 e. The van der Waals surface area contributed by atoms with Gasteiger partial charge >= 0.3 is 0 Å². The summed E-state index contributed by atoms with van der Waals surface area (Å²) < 4.78 is 5.02. The molecule has 0 radical (unpaired) electrons. The van der Waals surface area contributed by atoms with E-state index in [2.05, 4.69) is 0 Å². The summed E-state index contributed by atoms with van der Waals surface area (Å²) in [5.41, 5.74) is 7.28. The molecule has 0 heterocycles. The highest BCUT2D eigenvalue weighted by atomic mass is 35.5. The summed E-state index contributed by atoms with van der Waals surface area (Å²) in [6.45, 7) is 2.90. The summed E-state index contributed by atoms with van der Waals surface area (Å²) in [5.74, 6) is 0.203. The van der Waals surface area contributed by atoms with Crippen LogP contribution in [0.5, 0.6) is 5.75 Å². The zero-order valence-electron chi connectivity index (χ0n) is 8.96. The molecule has 0 bridgehead atoms. The van der Waals surface area contributed by atoms with Gasteiger partial charge in [-0.1, -0.05) is 18.5 Å². The van der Waals surface area contributed by atoms with E-state index in [9.17, 15) is 5.11 Å². The smallest absolute Gasteiger partial charge is 0.137 e. The first-order valence-corrected chi connectivity index (χ1v) is 5.18. The number of hydrogen-bond acceptors (Lipinski definition) is 3. The van der Waals surface area contributed by atoms with Crippen LogP contribution in [0.4, 0.5) is 0 Å². The molecule has 0 aromatic heterocycles. The fraction of sp³-hybridized carbons (Fsp3) is 0.455. The number of hydrogen-bond donors (Lipinski definition) is 2. The van der Waals surface area contributed by atoms with Crippen LogP contribution in [0.2, 0.25) is 5.02 Å². The number of rotatable bonds is 4. The van der Waals surface area contributed by atoms with E-state index in [4.69, 9.17) is 22.1 Å². The third kappa shape index (κ3) is 2.84. The molecular weight excluding hydrogens is 214 g/mol. The quantitative estimate of drug-likeness (QED) is 0.833. The summed E-state index contributed by atoms with van der Waals surface area (Å²) in [7, 11) is 1.62. The molecule has 4 heteroatoms. The van der Waals surface area contributed by atoms with E-state index in [1.807, 2.05) is 13.0 Å². The lowest BCUT2D eigenvalue weighted by molar-refractivity contribution is 0.184. The van der Waals surface area contributed by atoms with Crippen LogP contribution in [0, 0.1) is 0 Å². The first kappa shape index (κ1) is 12.3. The molecule has 0 aliphatic carbocycles. The van der Waals surface area contributed by atoms with Gasteiger partial charge in [0, 0.05) is 7.11 Å². The number of halogens is 1. The minimum Gasteiger partial charge on any atom is -0.506 e. The number of phenols is 1. The molecule has 0 amide bonds. The van der Waals surface area contributed by atoms with Crippen molar-refractivity contribution >= 4 is 11.6 Å². The van der Waals surface area contributed by atoms with Crippen molar-refractivity contribution in [1.29, 1.82) is 0 Å². The third-order valence-corrected chi connectivity index (χ3v) is 2.64. The Balaban J connectivity index is 3.12. The molecule has 1 aromatic carbocycles. The lowest BCUT2D eigenvalue weighted by atomic mass is 9.98. The Labute approximate surface area is 94.8 Å². The van der Waals surface area contributed by atoms with Gasteiger partial charge in [0.15, 0.2) is 0 Å². The van der Waals surface area contributed by atoms with Gasteiger partial charge in [-0.25, -0.2) is 0 Å². The second-order valence-corrected chi connectivity index (χ2v) is 3.99. The molecule has 0 aliphatic rings. The van der Waals surface area contributed by atoms with E-state index in [0.717, 1.165) is 11.1 Å². The van der Waals surface area contributed by atoms with Crippen molar-refractivity contribution in [3.05, 3.63) is 28.3 Å². The monoisotopic (exact) mass is 229 g/mol. The standard InChI is InChI=1S/C11H16ClNO2/c1-7(5-13)9-3-8(6-15-2)4-10(12)11(9)14/h3-4,7,14H,5-6,13H2,1-2H3. The normalized spacial score (nSPS) is 12.8. The van der Waals surface area contributed by atoms with Gasteiger partial charge in [0.25, 0.3) is 0 Å². The molecule has 0 aliphatic heterocycles. The summed E-state index contributed by atoms with van der Waals surface area (Å²) in [6.07, 6.45) is 0. The van der Waals surface area contributed by atoms with Crippen molar-refractivity contribution in [3.63, 3.8) is 0 Å². The van der Waals surface area contributed by atoms with Crippen LogP contribution >= 0.6 is 11.6 Å². The van der Waals surface area contributed by atoms with Crippen LogP contribution < -0.4 is 5.73 Å². The maximum atomic E-state index is 9.76. The molecule has 0 saturated heterocycles. The average Bonchev–Trinajstić information content (AvgIpc) is 2.22. The van der Waals surface area contributed by atoms with Gasteiger partial charge in [-0.3, -0.25) is 0 Å². The molecule has 0 spiro atoms. The Bertz CT molecular complexity index is 342. The van der Waals surface area contributed by atoms with E-state index < -0.39 is 0 Å². The Morgan fingerprint density at radius 2 is 2.20 bits per heavy atom. The Morgan fingerprint density at radius 3 is 2.73 bits per heavy atom. The number of ether oxygens (including phenoxy) is 1. The summed E-state index contributed by atoms with van der Waals surface area (Å²) >= 11 is 5.91. The summed E-state index contributed by atoms with van der Waals surface area (Å²) in [4.78, 5) is 0. The van der Waals surface area contributed by atoms with Gasteiger partial charge in [-0.05, 0) is 35.7 Å². The molecule has 1 unspecified atom stereocenters. The number of benzene rings is 1. The van der Waals surface area contributed by atoms with Crippen molar-refractivity contribution < 1.29 is 9.84 Å². The highest BCUT2D eigenvalue weighted by Crippen LogP contribution is 2.33. The predicted octanol–water partition coefficient (Wildman–Crippen LogP) is 2.25. The van der Waals surface area contributed by atoms with E-state index in [0.29, 0.717) is 18.2 Å². The summed E-state index contributed by atoms with van der Waals surface area (Å²) in [6, 6.07) is 3.58. The molecule has 3 nitrogen and oxygen atoms in total. The van der Waals surface area contributed by atoms with Crippen LogP contribution in [0.25, 0.3) is 0 Å². The molecule has 1 rings (SSSR count). The second kappa shape index (κ2) is 5.35. The lowest BCUT2D eigenvalue weighted by Gasteiger charge is -2.14. The topological polar surface area (TPSA) is 55.5 Å². The molecule has 0 fully saturated rings. The van der Waals surface area contributed by atoms with E-state index >= 15 is 0 Å². The molecule has 15 heavy (non-hydrogen) atoms. The largest absolute Gasteiger partial charge is 0.506 e. The predicted molar refractivity (Wildman–Crippen MR) is 61.3 cm³/mol. The second-order valence-electron chi connectivity index (χ2n) is 3.59.